The predicted molar refractivity (Wildman–Crippen MR) is 114 cm³/mol. The number of nitrogens with one attached hydrogen (secondary N) is 1. The second-order valence-electron chi connectivity index (χ2n) is 7.81. The van der Waals surface area contributed by atoms with Crippen molar-refractivity contribution >= 4 is 27.5 Å². The van der Waals surface area contributed by atoms with E-state index in [4.69, 9.17) is 0 Å². The summed E-state index contributed by atoms with van der Waals surface area (Å²) in [6, 6.07) is 8.31. The normalized spacial score (nSPS) is 19.6. The minimum Gasteiger partial charge on any atom is -0.352 e. The lowest BCUT2D eigenvalue weighted by Gasteiger charge is -2.29. The Balaban J connectivity index is 1.60. The van der Waals surface area contributed by atoms with Crippen LogP contribution in [0, 0.1) is 12.8 Å². The maximum absolute atomic E-state index is 13.1. The largest absolute Gasteiger partial charge is 0.352 e. The van der Waals surface area contributed by atoms with Crippen molar-refractivity contribution in [1.29, 1.82) is 0 Å². The summed E-state index contributed by atoms with van der Waals surface area (Å²) >= 11 is 1.46. The smallest absolute Gasteiger partial charge is 0.263 e. The van der Waals surface area contributed by atoms with Crippen LogP contribution in [0.25, 0.3) is 21.3 Å². The summed E-state index contributed by atoms with van der Waals surface area (Å²) in [5.41, 5.74) is 2.89. The van der Waals surface area contributed by atoms with E-state index in [1.54, 1.807) is 0 Å². The van der Waals surface area contributed by atoms with Crippen LogP contribution >= 0.6 is 11.3 Å². The van der Waals surface area contributed by atoms with Crippen LogP contribution in [0.1, 0.15) is 38.2 Å². The number of nitrogens with zero attached hydrogens (tertiary/aromatic N) is 2. The van der Waals surface area contributed by atoms with Crippen LogP contribution in [-0.2, 0) is 11.3 Å². The summed E-state index contributed by atoms with van der Waals surface area (Å²) in [6.45, 7) is 4.23. The lowest BCUT2D eigenvalue weighted by molar-refractivity contribution is -0.123. The highest BCUT2D eigenvalue weighted by molar-refractivity contribution is 7.17. The van der Waals surface area contributed by atoms with Crippen molar-refractivity contribution in [3.05, 3.63) is 51.9 Å². The second kappa shape index (κ2) is 7.87. The highest BCUT2D eigenvalue weighted by atomic mass is 32.1. The average Bonchev–Trinajstić information content (AvgIpc) is 3.11. The molecule has 1 aromatic carbocycles. The van der Waals surface area contributed by atoms with E-state index in [2.05, 4.69) is 17.2 Å². The zero-order valence-electron chi connectivity index (χ0n) is 16.3. The van der Waals surface area contributed by atoms with E-state index in [9.17, 15) is 9.59 Å². The Labute approximate surface area is 168 Å². The predicted octanol–water partition coefficient (Wildman–Crippen LogP) is 4.13. The Morgan fingerprint density at radius 2 is 2.00 bits per heavy atom. The van der Waals surface area contributed by atoms with Crippen molar-refractivity contribution in [3.8, 4) is 11.1 Å². The van der Waals surface area contributed by atoms with Gasteiger partial charge in [-0.2, -0.15) is 0 Å². The van der Waals surface area contributed by atoms with Crippen molar-refractivity contribution in [2.45, 2.75) is 52.1 Å². The van der Waals surface area contributed by atoms with Gasteiger partial charge < -0.3 is 5.32 Å². The van der Waals surface area contributed by atoms with Crippen LogP contribution in [0.3, 0.4) is 0 Å². The molecule has 0 saturated heterocycles. The molecule has 3 aromatic rings. The van der Waals surface area contributed by atoms with Gasteiger partial charge in [-0.3, -0.25) is 14.2 Å². The maximum atomic E-state index is 13.1. The van der Waals surface area contributed by atoms with E-state index in [0.717, 1.165) is 30.4 Å². The molecule has 2 heterocycles. The first-order chi connectivity index (χ1) is 13.5. The number of aryl methyl sites for hydroxylation is 1. The van der Waals surface area contributed by atoms with Crippen molar-refractivity contribution in [2.24, 2.45) is 5.92 Å². The summed E-state index contributed by atoms with van der Waals surface area (Å²) in [5, 5.41) is 5.68. The monoisotopic (exact) mass is 395 g/mol. The zero-order chi connectivity index (χ0) is 19.7. The summed E-state index contributed by atoms with van der Waals surface area (Å²) in [4.78, 5) is 30.8. The highest BCUT2D eigenvalue weighted by Crippen LogP contribution is 2.30. The summed E-state index contributed by atoms with van der Waals surface area (Å²) in [7, 11) is 0. The third kappa shape index (κ3) is 3.74. The number of carbonyl (C=O) groups excluding carboxylic acids is 1. The van der Waals surface area contributed by atoms with Gasteiger partial charge in [-0.05, 0) is 31.2 Å². The molecule has 1 aliphatic carbocycles. The first kappa shape index (κ1) is 18.9. The molecule has 146 valence electrons. The van der Waals surface area contributed by atoms with Crippen molar-refractivity contribution in [2.75, 3.05) is 0 Å². The molecule has 6 heteroatoms. The van der Waals surface area contributed by atoms with Crippen LogP contribution in [0.4, 0.5) is 0 Å². The molecule has 1 N–H and O–H groups in total. The van der Waals surface area contributed by atoms with Crippen LogP contribution in [-0.4, -0.2) is 21.5 Å². The molecule has 1 fully saturated rings. The molecule has 1 saturated carbocycles. The van der Waals surface area contributed by atoms with Gasteiger partial charge in [0.05, 0.1) is 11.7 Å². The standard InChI is InChI=1S/C22H25N3O2S/c1-14-7-9-16(10-8-14)17-12-28-21-20(17)22(27)25(13-23-21)11-19(26)24-18-6-4-3-5-15(18)2/h7-10,12-13,15,18H,3-6,11H2,1-2H3,(H,24,26)/t15-,18+/m0/s1. The van der Waals surface area contributed by atoms with Gasteiger partial charge in [0.2, 0.25) is 5.91 Å². The average molecular weight is 396 g/mol. The fraction of sp³-hybridized carbons (Fsp3) is 0.409. The number of aromatic nitrogens is 2. The van der Waals surface area contributed by atoms with Gasteiger partial charge in [-0.1, -0.05) is 49.6 Å². The first-order valence-electron chi connectivity index (χ1n) is 9.86. The van der Waals surface area contributed by atoms with Crippen LogP contribution in [0.15, 0.2) is 40.8 Å². The molecular formula is C22H25N3O2S. The third-order valence-corrected chi connectivity index (χ3v) is 6.58. The Kier molecular flexibility index (Phi) is 5.31. The Bertz CT molecular complexity index is 1050. The Morgan fingerprint density at radius 1 is 1.25 bits per heavy atom. The van der Waals surface area contributed by atoms with Crippen LogP contribution < -0.4 is 10.9 Å². The van der Waals surface area contributed by atoms with Gasteiger partial charge in [0.25, 0.3) is 5.56 Å². The second-order valence-corrected chi connectivity index (χ2v) is 8.67. The molecule has 4 rings (SSSR count). The SMILES string of the molecule is Cc1ccc(-c2csc3ncn(CC(=O)N[C@@H]4CCCC[C@@H]4C)c(=O)c23)cc1. The molecular weight excluding hydrogens is 370 g/mol. The van der Waals surface area contributed by atoms with Gasteiger partial charge >= 0.3 is 0 Å². The molecule has 1 amide bonds. The number of carbonyl (C=O) groups is 1. The van der Waals surface area contributed by atoms with Crippen molar-refractivity contribution < 1.29 is 4.79 Å². The van der Waals surface area contributed by atoms with Gasteiger partial charge in [-0.25, -0.2) is 4.98 Å². The van der Waals surface area contributed by atoms with E-state index in [1.807, 2.05) is 36.6 Å². The minimum atomic E-state index is -0.159. The van der Waals surface area contributed by atoms with E-state index in [0.29, 0.717) is 16.1 Å². The molecule has 1 aliphatic rings. The number of hydrogen-bond donors (Lipinski definition) is 1. The zero-order valence-corrected chi connectivity index (χ0v) is 17.1. The summed E-state index contributed by atoms with van der Waals surface area (Å²) < 4.78 is 1.43. The highest BCUT2D eigenvalue weighted by Gasteiger charge is 2.23. The fourth-order valence-corrected chi connectivity index (χ4v) is 4.87. The number of thiophene rings is 1. The molecule has 0 aliphatic heterocycles. The van der Waals surface area contributed by atoms with E-state index < -0.39 is 0 Å². The number of amides is 1. The number of fused-ring (bicyclic) bond motifs is 1. The molecule has 0 radical (unpaired) electrons. The maximum Gasteiger partial charge on any atom is 0.263 e. The Hall–Kier alpha value is -2.47. The summed E-state index contributed by atoms with van der Waals surface area (Å²) in [6.07, 6.45) is 6.03. The van der Waals surface area contributed by atoms with E-state index >= 15 is 0 Å². The van der Waals surface area contributed by atoms with E-state index in [1.165, 1.54) is 34.2 Å². The molecule has 5 nitrogen and oxygen atoms in total. The molecule has 0 spiro atoms. The van der Waals surface area contributed by atoms with Crippen molar-refractivity contribution in [1.82, 2.24) is 14.9 Å². The lowest BCUT2D eigenvalue weighted by Crippen LogP contribution is -2.43. The third-order valence-electron chi connectivity index (χ3n) is 5.70. The molecule has 2 atom stereocenters. The Morgan fingerprint density at radius 3 is 2.75 bits per heavy atom. The number of hydrogen-bond acceptors (Lipinski definition) is 4. The van der Waals surface area contributed by atoms with Crippen LogP contribution in [0.5, 0.6) is 0 Å². The summed E-state index contributed by atoms with van der Waals surface area (Å²) in [5.74, 6) is 0.370. The molecule has 0 bridgehead atoms. The minimum absolute atomic E-state index is 0.00811. The number of benzene rings is 1. The molecule has 28 heavy (non-hydrogen) atoms. The van der Waals surface area contributed by atoms with Gasteiger partial charge in [0.1, 0.15) is 11.4 Å². The molecule has 2 aromatic heterocycles. The van der Waals surface area contributed by atoms with Crippen molar-refractivity contribution in [3.63, 3.8) is 0 Å². The lowest BCUT2D eigenvalue weighted by atomic mass is 9.86. The van der Waals surface area contributed by atoms with Gasteiger partial charge in [0, 0.05) is 17.0 Å². The van der Waals surface area contributed by atoms with Crippen LogP contribution in [0.2, 0.25) is 0 Å². The fourth-order valence-electron chi connectivity index (χ4n) is 3.96. The van der Waals surface area contributed by atoms with Gasteiger partial charge in [-0.15, -0.1) is 11.3 Å². The van der Waals surface area contributed by atoms with Gasteiger partial charge in [0.15, 0.2) is 0 Å². The quantitative estimate of drug-likeness (QED) is 0.722. The molecule has 0 unspecified atom stereocenters. The van der Waals surface area contributed by atoms with E-state index in [-0.39, 0.29) is 24.1 Å². The first-order valence-corrected chi connectivity index (χ1v) is 10.7. The number of rotatable bonds is 4. The topological polar surface area (TPSA) is 64.0 Å².